The summed E-state index contributed by atoms with van der Waals surface area (Å²) in [4.78, 5) is 0. The quantitative estimate of drug-likeness (QED) is 0.878. The molecule has 0 aliphatic heterocycles. The maximum absolute atomic E-state index is 12.2. The van der Waals surface area contributed by atoms with Crippen LogP contribution < -0.4 is 4.72 Å². The van der Waals surface area contributed by atoms with Gasteiger partial charge in [-0.3, -0.25) is 0 Å². The molecule has 2 unspecified atom stereocenters. The molecule has 2 atom stereocenters. The average molecular weight is 313 g/mol. The topological polar surface area (TPSA) is 46.2 Å². The third kappa shape index (κ3) is 4.79. The van der Waals surface area contributed by atoms with Crippen LogP contribution in [0.1, 0.15) is 37.3 Å². The van der Waals surface area contributed by atoms with E-state index in [1.54, 1.807) is 0 Å². The lowest BCUT2D eigenvalue weighted by Crippen LogP contribution is -2.34. The van der Waals surface area contributed by atoms with Crippen LogP contribution >= 0.6 is 11.8 Å². The molecule has 3 nitrogen and oxygen atoms in total. The lowest BCUT2D eigenvalue weighted by atomic mass is 10.2. The highest BCUT2D eigenvalue weighted by molar-refractivity contribution is 7.99. The minimum Gasteiger partial charge on any atom is -0.212 e. The summed E-state index contributed by atoms with van der Waals surface area (Å²) in [7, 11) is -3.23. The van der Waals surface area contributed by atoms with E-state index in [9.17, 15) is 8.42 Å². The van der Waals surface area contributed by atoms with E-state index in [0.717, 1.165) is 36.1 Å². The van der Waals surface area contributed by atoms with Crippen LogP contribution in [0.25, 0.3) is 0 Å². The van der Waals surface area contributed by atoms with Crippen LogP contribution in [0.15, 0.2) is 24.3 Å². The second kappa shape index (κ2) is 6.96. The Hall–Kier alpha value is -0.520. The van der Waals surface area contributed by atoms with Gasteiger partial charge < -0.3 is 0 Å². The van der Waals surface area contributed by atoms with E-state index >= 15 is 0 Å². The molecule has 1 fully saturated rings. The molecule has 1 N–H and O–H groups in total. The van der Waals surface area contributed by atoms with Gasteiger partial charge in [-0.2, -0.15) is 11.8 Å². The van der Waals surface area contributed by atoms with Crippen LogP contribution in [0.5, 0.6) is 0 Å². The minimum absolute atomic E-state index is 0.0787. The fraction of sp³-hybridized carbons (Fsp3) is 0.600. The van der Waals surface area contributed by atoms with E-state index in [1.165, 1.54) is 0 Å². The van der Waals surface area contributed by atoms with Crippen molar-refractivity contribution < 1.29 is 8.42 Å². The van der Waals surface area contributed by atoms with Crippen molar-refractivity contribution in [2.45, 2.75) is 50.2 Å². The fourth-order valence-corrected chi connectivity index (χ4v) is 5.21. The number of hydrogen-bond acceptors (Lipinski definition) is 3. The summed E-state index contributed by atoms with van der Waals surface area (Å²) in [5, 5.41) is 0.618. The summed E-state index contributed by atoms with van der Waals surface area (Å²) in [6, 6.07) is 7.80. The van der Waals surface area contributed by atoms with Gasteiger partial charge in [0, 0.05) is 11.3 Å². The number of hydrogen-bond donors (Lipinski definition) is 1. The second-order valence-corrected chi connectivity index (χ2v) is 8.78. The van der Waals surface area contributed by atoms with Gasteiger partial charge in [0.25, 0.3) is 0 Å². The summed E-state index contributed by atoms with van der Waals surface area (Å²) in [6.45, 7) is 4.15. The monoisotopic (exact) mass is 313 g/mol. The van der Waals surface area contributed by atoms with Crippen molar-refractivity contribution >= 4 is 21.8 Å². The number of aryl methyl sites for hydroxylation is 1. The van der Waals surface area contributed by atoms with E-state index in [0.29, 0.717) is 5.25 Å². The first-order chi connectivity index (χ1) is 9.48. The summed E-state index contributed by atoms with van der Waals surface area (Å²) < 4.78 is 27.2. The molecule has 1 saturated carbocycles. The van der Waals surface area contributed by atoms with Crippen molar-refractivity contribution in [2.75, 3.05) is 5.75 Å². The molecule has 1 aromatic carbocycles. The molecule has 0 aromatic heterocycles. The van der Waals surface area contributed by atoms with Crippen LogP contribution in [0, 0.1) is 6.92 Å². The van der Waals surface area contributed by atoms with Crippen molar-refractivity contribution in [1.29, 1.82) is 0 Å². The number of benzene rings is 1. The van der Waals surface area contributed by atoms with E-state index < -0.39 is 10.0 Å². The van der Waals surface area contributed by atoms with E-state index in [2.05, 4.69) is 11.6 Å². The average Bonchev–Trinajstić information content (AvgIpc) is 2.79. The van der Waals surface area contributed by atoms with Crippen molar-refractivity contribution in [1.82, 2.24) is 4.72 Å². The Kier molecular flexibility index (Phi) is 5.52. The normalized spacial score (nSPS) is 23.1. The molecule has 1 aliphatic rings. The largest absolute Gasteiger partial charge is 0.216 e. The van der Waals surface area contributed by atoms with Crippen LogP contribution in [-0.2, 0) is 15.8 Å². The van der Waals surface area contributed by atoms with E-state index in [4.69, 9.17) is 0 Å². The summed E-state index contributed by atoms with van der Waals surface area (Å²) in [5.74, 6) is 1.18. The van der Waals surface area contributed by atoms with E-state index in [1.807, 2.05) is 43.0 Å². The number of nitrogens with one attached hydrogen (secondary N) is 1. The lowest BCUT2D eigenvalue weighted by molar-refractivity contribution is 0.552. The standard InChI is InChI=1S/C15H23NO2S2/c1-3-19-15-9-8-14(10-15)16-20(17,18)11-13-6-4-12(2)5-7-13/h4-7,14-16H,3,8-11H2,1-2H3. The van der Waals surface area contributed by atoms with Gasteiger partial charge in [0.05, 0.1) is 5.75 Å². The molecule has 0 radical (unpaired) electrons. The maximum atomic E-state index is 12.2. The third-order valence-electron chi connectivity index (χ3n) is 3.61. The van der Waals surface area contributed by atoms with Gasteiger partial charge >= 0.3 is 0 Å². The second-order valence-electron chi connectivity index (χ2n) is 5.45. The molecule has 0 bridgehead atoms. The maximum Gasteiger partial charge on any atom is 0.216 e. The number of sulfonamides is 1. The Morgan fingerprint density at radius 3 is 2.60 bits per heavy atom. The summed E-state index contributed by atoms with van der Waals surface area (Å²) in [6.07, 6.45) is 3.05. The zero-order valence-electron chi connectivity index (χ0n) is 12.1. The Morgan fingerprint density at radius 2 is 1.95 bits per heavy atom. The van der Waals surface area contributed by atoms with Gasteiger partial charge in [-0.25, -0.2) is 13.1 Å². The lowest BCUT2D eigenvalue weighted by Gasteiger charge is -2.13. The van der Waals surface area contributed by atoms with Crippen molar-refractivity contribution in [3.05, 3.63) is 35.4 Å². The predicted molar refractivity (Wildman–Crippen MR) is 86.5 cm³/mol. The van der Waals surface area contributed by atoms with Gasteiger partial charge in [0.2, 0.25) is 10.0 Å². The molecule has 5 heteroatoms. The first-order valence-corrected chi connectivity index (χ1v) is 9.86. The van der Waals surface area contributed by atoms with E-state index in [-0.39, 0.29) is 11.8 Å². The minimum atomic E-state index is -3.23. The molecule has 1 aromatic rings. The Balaban J connectivity index is 1.90. The molecule has 1 aliphatic carbocycles. The SMILES string of the molecule is CCSC1CCC(NS(=O)(=O)Cc2ccc(C)cc2)C1. The van der Waals surface area contributed by atoms with Gasteiger partial charge in [-0.1, -0.05) is 36.8 Å². The molecule has 2 rings (SSSR count). The van der Waals surface area contributed by atoms with Crippen molar-refractivity contribution in [3.63, 3.8) is 0 Å². The Bertz CT molecular complexity index is 525. The highest BCUT2D eigenvalue weighted by Gasteiger charge is 2.27. The highest BCUT2D eigenvalue weighted by Crippen LogP contribution is 2.30. The van der Waals surface area contributed by atoms with Gasteiger partial charge in [0.1, 0.15) is 0 Å². The van der Waals surface area contributed by atoms with Crippen molar-refractivity contribution in [3.8, 4) is 0 Å². The zero-order chi connectivity index (χ0) is 14.6. The van der Waals surface area contributed by atoms with Crippen LogP contribution in [0.2, 0.25) is 0 Å². The number of thioether (sulfide) groups is 1. The summed E-state index contributed by atoms with van der Waals surface area (Å²) >= 11 is 1.94. The predicted octanol–water partition coefficient (Wildman–Crippen LogP) is 3.09. The first-order valence-electron chi connectivity index (χ1n) is 7.15. The molecule has 112 valence electrons. The van der Waals surface area contributed by atoms with Gasteiger partial charge in [-0.15, -0.1) is 0 Å². The van der Waals surface area contributed by atoms with Gasteiger partial charge in [0.15, 0.2) is 0 Å². The van der Waals surface area contributed by atoms with Crippen molar-refractivity contribution in [2.24, 2.45) is 0 Å². The zero-order valence-corrected chi connectivity index (χ0v) is 13.8. The number of rotatable bonds is 6. The Morgan fingerprint density at radius 1 is 1.25 bits per heavy atom. The fourth-order valence-electron chi connectivity index (χ4n) is 2.63. The highest BCUT2D eigenvalue weighted by atomic mass is 32.2. The third-order valence-corrected chi connectivity index (χ3v) is 6.25. The molecule has 0 spiro atoms. The first kappa shape index (κ1) is 15.9. The summed E-state index contributed by atoms with van der Waals surface area (Å²) in [5.41, 5.74) is 2.00. The molecule has 0 amide bonds. The van der Waals surface area contributed by atoms with Crippen LogP contribution in [0.4, 0.5) is 0 Å². The molecule has 0 heterocycles. The Labute approximate surface area is 126 Å². The molecular formula is C15H23NO2S2. The van der Waals surface area contributed by atoms with Crippen LogP contribution in [-0.4, -0.2) is 25.5 Å². The molecular weight excluding hydrogens is 290 g/mol. The molecule has 20 heavy (non-hydrogen) atoms. The molecule has 0 saturated heterocycles. The smallest absolute Gasteiger partial charge is 0.212 e. The van der Waals surface area contributed by atoms with Gasteiger partial charge in [-0.05, 0) is 37.5 Å². The van der Waals surface area contributed by atoms with Crippen LogP contribution in [0.3, 0.4) is 0 Å².